The molecule has 3 aromatic rings. The molecule has 1 N–H and O–H groups in total. The van der Waals surface area contributed by atoms with Crippen LogP contribution >= 0.6 is 0 Å². The first kappa shape index (κ1) is 16.4. The zero-order valence-electron chi connectivity index (χ0n) is 16.0. The largest absolute Gasteiger partial charge is 0.382 e. The molecule has 1 unspecified atom stereocenters. The number of hydrogen-bond donors (Lipinski definition) is 1. The van der Waals surface area contributed by atoms with E-state index in [2.05, 4.69) is 103 Å². The van der Waals surface area contributed by atoms with E-state index >= 15 is 0 Å². The first-order chi connectivity index (χ1) is 13.2. The smallest absolute Gasteiger partial charge is 0.0617 e. The van der Waals surface area contributed by atoms with Gasteiger partial charge in [0.1, 0.15) is 0 Å². The summed E-state index contributed by atoms with van der Waals surface area (Å²) in [6, 6.07) is 30.2. The van der Waals surface area contributed by atoms with Crippen LogP contribution in [0.15, 0.2) is 78.9 Å². The van der Waals surface area contributed by atoms with Crippen LogP contribution in [0, 0.1) is 12.8 Å². The Bertz CT molecular complexity index is 932. The molecule has 2 nitrogen and oxygen atoms in total. The Balaban J connectivity index is 1.66. The average Bonchev–Trinajstić information content (AvgIpc) is 3.11. The van der Waals surface area contributed by atoms with Crippen LogP contribution in [0.3, 0.4) is 0 Å². The van der Waals surface area contributed by atoms with Gasteiger partial charge in [-0.1, -0.05) is 66.2 Å². The van der Waals surface area contributed by atoms with Crippen molar-refractivity contribution in [3.63, 3.8) is 0 Å². The van der Waals surface area contributed by atoms with Crippen molar-refractivity contribution in [2.24, 2.45) is 5.92 Å². The fraction of sp³-hybridized carbons (Fsp3) is 0.280. The molecule has 4 atom stereocenters. The summed E-state index contributed by atoms with van der Waals surface area (Å²) < 4.78 is 0. The standard InChI is InChI=1S/C25H26N2/c1-17-12-14-19(15-13-17)24-16-22-18(2)26-23-11-7-6-10-21(23)25(22)27(24)20-8-4-3-5-9-20/h3-15,18,22,24-26H,16H2,1-2H3/t18-,22+,24?,25-/m0/s1. The highest BCUT2D eigenvalue weighted by Crippen LogP contribution is 2.54. The van der Waals surface area contributed by atoms with E-state index < -0.39 is 0 Å². The van der Waals surface area contributed by atoms with Gasteiger partial charge in [0.05, 0.1) is 12.1 Å². The van der Waals surface area contributed by atoms with Crippen LogP contribution in [0.2, 0.25) is 0 Å². The average molecular weight is 354 g/mol. The molecule has 1 fully saturated rings. The van der Waals surface area contributed by atoms with Gasteiger partial charge in [0.2, 0.25) is 0 Å². The molecule has 5 rings (SSSR count). The van der Waals surface area contributed by atoms with Crippen LogP contribution in [0.1, 0.15) is 42.1 Å². The van der Waals surface area contributed by atoms with Crippen molar-refractivity contribution in [2.45, 2.75) is 38.4 Å². The summed E-state index contributed by atoms with van der Waals surface area (Å²) in [5.41, 5.74) is 6.78. The number of hydrogen-bond acceptors (Lipinski definition) is 2. The summed E-state index contributed by atoms with van der Waals surface area (Å²) in [5.74, 6) is 0.589. The summed E-state index contributed by atoms with van der Waals surface area (Å²) in [6.07, 6.45) is 1.17. The third-order valence-electron chi connectivity index (χ3n) is 6.36. The maximum Gasteiger partial charge on any atom is 0.0617 e. The minimum Gasteiger partial charge on any atom is -0.382 e. The van der Waals surface area contributed by atoms with E-state index in [0.29, 0.717) is 24.0 Å². The molecule has 2 heteroatoms. The van der Waals surface area contributed by atoms with Crippen LogP contribution in [0.25, 0.3) is 0 Å². The quantitative estimate of drug-likeness (QED) is 0.596. The Morgan fingerprint density at radius 1 is 0.852 bits per heavy atom. The lowest BCUT2D eigenvalue weighted by atomic mass is 9.83. The van der Waals surface area contributed by atoms with Crippen molar-refractivity contribution in [3.8, 4) is 0 Å². The van der Waals surface area contributed by atoms with Gasteiger partial charge < -0.3 is 10.2 Å². The van der Waals surface area contributed by atoms with Gasteiger partial charge in [-0.25, -0.2) is 0 Å². The van der Waals surface area contributed by atoms with Crippen LogP contribution in [-0.4, -0.2) is 6.04 Å². The number of rotatable bonds is 2. The number of nitrogens with zero attached hydrogens (tertiary/aromatic N) is 1. The molecule has 0 aromatic heterocycles. The van der Waals surface area contributed by atoms with E-state index in [1.54, 1.807) is 0 Å². The topological polar surface area (TPSA) is 15.3 Å². The number of aryl methyl sites for hydroxylation is 1. The molecule has 27 heavy (non-hydrogen) atoms. The Labute approximate surface area is 161 Å². The first-order valence-electron chi connectivity index (χ1n) is 9.98. The van der Waals surface area contributed by atoms with Gasteiger partial charge in [-0.3, -0.25) is 0 Å². The molecule has 1 saturated heterocycles. The van der Waals surface area contributed by atoms with Crippen LogP contribution < -0.4 is 10.2 Å². The summed E-state index contributed by atoms with van der Waals surface area (Å²) >= 11 is 0. The number of fused-ring (bicyclic) bond motifs is 3. The third kappa shape index (κ3) is 2.71. The molecule has 2 aliphatic rings. The minimum absolute atomic E-state index is 0.401. The van der Waals surface area contributed by atoms with E-state index in [9.17, 15) is 0 Å². The minimum atomic E-state index is 0.401. The summed E-state index contributed by atoms with van der Waals surface area (Å²) in [4.78, 5) is 2.67. The van der Waals surface area contributed by atoms with Gasteiger partial charge >= 0.3 is 0 Å². The predicted octanol–water partition coefficient (Wildman–Crippen LogP) is 6.12. The molecular weight excluding hydrogens is 328 g/mol. The Hall–Kier alpha value is -2.74. The van der Waals surface area contributed by atoms with E-state index in [4.69, 9.17) is 0 Å². The molecule has 0 aliphatic carbocycles. The van der Waals surface area contributed by atoms with E-state index in [1.807, 2.05) is 0 Å². The van der Waals surface area contributed by atoms with Gasteiger partial charge in [0.15, 0.2) is 0 Å². The maximum absolute atomic E-state index is 3.76. The molecule has 0 saturated carbocycles. The van der Waals surface area contributed by atoms with Crippen molar-refractivity contribution in [2.75, 3.05) is 10.2 Å². The molecule has 0 spiro atoms. The monoisotopic (exact) mass is 354 g/mol. The lowest BCUT2D eigenvalue weighted by molar-refractivity contribution is 0.415. The van der Waals surface area contributed by atoms with E-state index in [0.717, 1.165) is 0 Å². The van der Waals surface area contributed by atoms with Gasteiger partial charge in [-0.15, -0.1) is 0 Å². The number of para-hydroxylation sites is 2. The second kappa shape index (κ2) is 6.45. The Kier molecular flexibility index (Phi) is 3.93. The lowest BCUT2D eigenvalue weighted by Gasteiger charge is -2.40. The molecule has 3 aromatic carbocycles. The summed E-state index contributed by atoms with van der Waals surface area (Å²) in [6.45, 7) is 4.50. The molecule has 2 heterocycles. The molecule has 0 bridgehead atoms. The van der Waals surface area contributed by atoms with Crippen molar-refractivity contribution in [1.29, 1.82) is 0 Å². The van der Waals surface area contributed by atoms with Crippen LogP contribution in [-0.2, 0) is 0 Å². The van der Waals surface area contributed by atoms with Gasteiger partial charge in [-0.2, -0.15) is 0 Å². The lowest BCUT2D eigenvalue weighted by Crippen LogP contribution is -2.37. The van der Waals surface area contributed by atoms with Crippen molar-refractivity contribution < 1.29 is 0 Å². The van der Waals surface area contributed by atoms with Crippen LogP contribution in [0.5, 0.6) is 0 Å². The first-order valence-corrected chi connectivity index (χ1v) is 9.98. The molecule has 2 aliphatic heterocycles. The molecule has 136 valence electrons. The zero-order chi connectivity index (χ0) is 18.4. The molecular formula is C25H26N2. The SMILES string of the molecule is Cc1ccc(C2C[C@@H]3[C@H](C)Nc4ccccc4[C@@H]3N2c2ccccc2)cc1. The number of anilines is 2. The fourth-order valence-corrected chi connectivity index (χ4v) is 5.02. The van der Waals surface area contributed by atoms with Gasteiger partial charge in [0.25, 0.3) is 0 Å². The predicted molar refractivity (Wildman–Crippen MR) is 113 cm³/mol. The summed E-state index contributed by atoms with van der Waals surface area (Å²) in [5, 5.41) is 3.76. The van der Waals surface area contributed by atoms with Crippen LogP contribution in [0.4, 0.5) is 11.4 Å². The van der Waals surface area contributed by atoms with Crippen molar-refractivity contribution >= 4 is 11.4 Å². The Morgan fingerprint density at radius 3 is 2.33 bits per heavy atom. The molecule has 0 radical (unpaired) electrons. The number of benzene rings is 3. The second-order valence-corrected chi connectivity index (χ2v) is 8.03. The summed E-state index contributed by atoms with van der Waals surface area (Å²) in [7, 11) is 0. The zero-order valence-corrected chi connectivity index (χ0v) is 16.0. The number of nitrogens with one attached hydrogen (secondary N) is 1. The van der Waals surface area contributed by atoms with Gasteiger partial charge in [0, 0.05) is 23.3 Å². The second-order valence-electron chi connectivity index (χ2n) is 8.03. The Morgan fingerprint density at radius 2 is 1.56 bits per heavy atom. The fourth-order valence-electron chi connectivity index (χ4n) is 5.02. The van der Waals surface area contributed by atoms with E-state index in [-0.39, 0.29) is 0 Å². The highest BCUT2D eigenvalue weighted by Gasteiger charge is 2.47. The van der Waals surface area contributed by atoms with Gasteiger partial charge in [-0.05, 0) is 49.6 Å². The van der Waals surface area contributed by atoms with E-state index in [1.165, 1.54) is 34.5 Å². The maximum atomic E-state index is 3.76. The van der Waals surface area contributed by atoms with Crippen molar-refractivity contribution in [1.82, 2.24) is 0 Å². The molecule has 0 amide bonds. The normalized spacial score (nSPS) is 26.2. The van der Waals surface area contributed by atoms with Crippen molar-refractivity contribution in [3.05, 3.63) is 95.6 Å². The third-order valence-corrected chi connectivity index (χ3v) is 6.36. The highest BCUT2D eigenvalue weighted by molar-refractivity contribution is 5.63. The highest BCUT2D eigenvalue weighted by atomic mass is 15.2.